The van der Waals surface area contributed by atoms with Crippen molar-refractivity contribution in [2.24, 2.45) is 0 Å². The van der Waals surface area contributed by atoms with Crippen molar-refractivity contribution in [2.45, 2.75) is 38.6 Å². The molecule has 0 spiro atoms. The summed E-state index contributed by atoms with van der Waals surface area (Å²) in [6.07, 6.45) is 1.72. The van der Waals surface area contributed by atoms with Crippen LogP contribution in [0.5, 0.6) is 0 Å². The number of nitrogens with zero attached hydrogens (tertiary/aromatic N) is 3. The fourth-order valence-electron chi connectivity index (χ4n) is 2.73. The second-order valence-corrected chi connectivity index (χ2v) is 8.49. The molecule has 1 atom stereocenters. The average molecular weight is 381 g/mol. The minimum atomic E-state index is -3.35. The Morgan fingerprint density at radius 1 is 1.31 bits per heavy atom. The monoisotopic (exact) mass is 381 g/mol. The van der Waals surface area contributed by atoms with Crippen LogP contribution in [-0.2, 0) is 31.7 Å². The first-order chi connectivity index (χ1) is 12.1. The van der Waals surface area contributed by atoms with Crippen LogP contribution in [0.2, 0.25) is 0 Å². The molecule has 0 saturated carbocycles. The van der Waals surface area contributed by atoms with Gasteiger partial charge in [0.05, 0.1) is 11.0 Å². The second kappa shape index (κ2) is 7.86. The topological polar surface area (TPSA) is 110 Å². The Hall–Kier alpha value is -2.42. The van der Waals surface area contributed by atoms with E-state index in [2.05, 4.69) is 4.98 Å². The summed E-state index contributed by atoms with van der Waals surface area (Å²) < 4.78 is 25.0. The molecule has 2 rings (SSSR count). The van der Waals surface area contributed by atoms with E-state index in [0.29, 0.717) is 17.5 Å². The summed E-state index contributed by atoms with van der Waals surface area (Å²) in [6, 6.07) is 6.81. The Kier molecular flexibility index (Phi) is 6.01. The number of carboxylic acid groups (broad SMARTS) is 1. The van der Waals surface area contributed by atoms with E-state index in [1.807, 2.05) is 6.92 Å². The van der Waals surface area contributed by atoms with Crippen molar-refractivity contribution < 1.29 is 23.1 Å². The zero-order valence-corrected chi connectivity index (χ0v) is 15.9. The number of fused-ring (bicyclic) bond motifs is 1. The number of hydrogen-bond donors (Lipinski definition) is 1. The van der Waals surface area contributed by atoms with Gasteiger partial charge >= 0.3 is 5.97 Å². The van der Waals surface area contributed by atoms with Crippen LogP contribution in [0.15, 0.2) is 24.3 Å². The number of rotatable bonds is 8. The molecule has 26 heavy (non-hydrogen) atoms. The van der Waals surface area contributed by atoms with Crippen LogP contribution < -0.4 is 0 Å². The molecule has 0 saturated heterocycles. The lowest BCUT2D eigenvalue weighted by atomic mass is 10.2. The number of hydrogen-bond acceptors (Lipinski definition) is 5. The minimum Gasteiger partial charge on any atom is -0.480 e. The number of carbonyl (C=O) groups excluding carboxylic acids is 1. The van der Waals surface area contributed by atoms with Gasteiger partial charge in [-0.25, -0.2) is 13.4 Å². The normalized spacial score (nSPS) is 12.9. The molecule has 0 aliphatic heterocycles. The van der Waals surface area contributed by atoms with Crippen molar-refractivity contribution in [1.82, 2.24) is 14.5 Å². The van der Waals surface area contributed by atoms with Crippen LogP contribution in [0.3, 0.4) is 0 Å². The van der Waals surface area contributed by atoms with E-state index in [-0.39, 0.29) is 30.1 Å². The Balaban J connectivity index is 2.43. The van der Waals surface area contributed by atoms with E-state index in [0.717, 1.165) is 6.26 Å². The number of carboxylic acids is 1. The highest BCUT2D eigenvalue weighted by Crippen LogP contribution is 2.18. The minimum absolute atomic E-state index is 0.164. The largest absolute Gasteiger partial charge is 0.480 e. The van der Waals surface area contributed by atoms with Crippen LogP contribution in [0.1, 0.15) is 26.1 Å². The van der Waals surface area contributed by atoms with E-state index >= 15 is 0 Å². The molecule has 0 fully saturated rings. The van der Waals surface area contributed by atoms with E-state index in [9.17, 15) is 18.0 Å². The maximum absolute atomic E-state index is 12.8. The maximum Gasteiger partial charge on any atom is 0.323 e. The summed E-state index contributed by atoms with van der Waals surface area (Å²) in [5.41, 5.74) is 1.23. The van der Waals surface area contributed by atoms with Crippen molar-refractivity contribution in [3.63, 3.8) is 0 Å². The number of para-hydroxylation sites is 2. The lowest BCUT2D eigenvalue weighted by Crippen LogP contribution is -2.43. The highest BCUT2D eigenvalue weighted by atomic mass is 32.2. The van der Waals surface area contributed by atoms with Gasteiger partial charge in [-0.1, -0.05) is 19.1 Å². The van der Waals surface area contributed by atoms with Gasteiger partial charge in [-0.3, -0.25) is 9.59 Å². The van der Waals surface area contributed by atoms with E-state index < -0.39 is 22.4 Å². The van der Waals surface area contributed by atoms with Crippen molar-refractivity contribution in [3.8, 4) is 0 Å². The molecule has 1 aromatic carbocycles. The highest BCUT2D eigenvalue weighted by molar-refractivity contribution is 7.89. The zero-order valence-electron chi connectivity index (χ0n) is 15.0. The molecule has 2 aromatic rings. The maximum atomic E-state index is 12.8. The molecular weight excluding hydrogens is 358 g/mol. The zero-order chi connectivity index (χ0) is 19.5. The van der Waals surface area contributed by atoms with Crippen molar-refractivity contribution in [1.29, 1.82) is 0 Å². The molecule has 1 amide bonds. The number of sulfone groups is 1. The standard InChI is InChI=1S/C17H23N3O5S/c1-4-12(2)19(10-17(22)23)16(21)9-20-14-8-6-5-7-13(14)18-15(20)11-26(3,24)25/h5-8,12H,4,9-11H2,1-3H3,(H,22,23). The van der Waals surface area contributed by atoms with Crippen molar-refractivity contribution in [3.05, 3.63) is 30.1 Å². The van der Waals surface area contributed by atoms with Crippen LogP contribution in [-0.4, -0.2) is 58.7 Å². The lowest BCUT2D eigenvalue weighted by Gasteiger charge is -2.27. The predicted octanol–water partition coefficient (Wildman–Crippen LogP) is 1.29. The first-order valence-corrected chi connectivity index (χ1v) is 10.3. The number of amides is 1. The fraction of sp³-hybridized carbons (Fsp3) is 0.471. The molecule has 0 radical (unpaired) electrons. The first kappa shape index (κ1) is 19.9. The molecule has 0 bridgehead atoms. The molecule has 8 nitrogen and oxygen atoms in total. The van der Waals surface area contributed by atoms with Crippen LogP contribution in [0.4, 0.5) is 0 Å². The smallest absolute Gasteiger partial charge is 0.323 e. The van der Waals surface area contributed by atoms with Gasteiger partial charge in [-0.2, -0.15) is 0 Å². The van der Waals surface area contributed by atoms with Gasteiger partial charge in [0.1, 0.15) is 24.7 Å². The van der Waals surface area contributed by atoms with Crippen molar-refractivity contribution >= 4 is 32.7 Å². The van der Waals surface area contributed by atoms with Gasteiger partial charge in [0, 0.05) is 12.3 Å². The molecule has 1 aromatic heterocycles. The fourth-order valence-corrected chi connectivity index (χ4v) is 3.42. The third-order valence-electron chi connectivity index (χ3n) is 4.17. The second-order valence-electron chi connectivity index (χ2n) is 6.35. The van der Waals surface area contributed by atoms with E-state index in [1.165, 1.54) is 4.90 Å². The van der Waals surface area contributed by atoms with E-state index in [1.54, 1.807) is 35.8 Å². The molecule has 1 heterocycles. The number of carbonyl (C=O) groups is 2. The summed E-state index contributed by atoms with van der Waals surface area (Å²) in [4.78, 5) is 29.5. The highest BCUT2D eigenvalue weighted by Gasteiger charge is 2.24. The van der Waals surface area contributed by atoms with Crippen LogP contribution >= 0.6 is 0 Å². The SMILES string of the molecule is CCC(C)N(CC(=O)O)C(=O)Cn1c(CS(C)(=O)=O)nc2ccccc21. The predicted molar refractivity (Wildman–Crippen MR) is 97.4 cm³/mol. The summed E-state index contributed by atoms with van der Waals surface area (Å²) in [6.45, 7) is 3.09. The van der Waals surface area contributed by atoms with Crippen molar-refractivity contribution in [2.75, 3.05) is 12.8 Å². The van der Waals surface area contributed by atoms with Gasteiger partial charge in [0.25, 0.3) is 0 Å². The molecule has 1 N–H and O–H groups in total. The molecular formula is C17H23N3O5S. The van der Waals surface area contributed by atoms with Gasteiger partial charge in [0.2, 0.25) is 5.91 Å². The average Bonchev–Trinajstić information content (AvgIpc) is 2.87. The molecule has 1 unspecified atom stereocenters. The molecule has 0 aliphatic carbocycles. The number of benzene rings is 1. The van der Waals surface area contributed by atoms with Gasteiger partial charge in [0.15, 0.2) is 9.84 Å². The third kappa shape index (κ3) is 4.81. The number of imidazole rings is 1. The lowest BCUT2D eigenvalue weighted by molar-refractivity contribution is -0.146. The summed E-state index contributed by atoms with van der Waals surface area (Å²) >= 11 is 0. The third-order valence-corrected chi connectivity index (χ3v) is 4.95. The Morgan fingerprint density at radius 3 is 2.54 bits per heavy atom. The van der Waals surface area contributed by atoms with Gasteiger partial charge < -0.3 is 14.6 Å². The van der Waals surface area contributed by atoms with Gasteiger partial charge in [-0.05, 0) is 25.5 Å². The summed E-state index contributed by atoms with van der Waals surface area (Å²) in [5, 5.41) is 9.09. The van der Waals surface area contributed by atoms with Crippen LogP contribution in [0.25, 0.3) is 11.0 Å². The Morgan fingerprint density at radius 2 is 1.96 bits per heavy atom. The van der Waals surface area contributed by atoms with Crippen LogP contribution in [0, 0.1) is 0 Å². The number of aliphatic carboxylic acids is 1. The molecule has 0 aliphatic rings. The molecule has 142 valence electrons. The summed E-state index contributed by atoms with van der Waals surface area (Å²) in [7, 11) is -3.35. The Bertz CT molecular complexity index is 920. The summed E-state index contributed by atoms with van der Waals surface area (Å²) in [5.74, 6) is -1.51. The van der Waals surface area contributed by atoms with E-state index in [4.69, 9.17) is 5.11 Å². The first-order valence-electron chi connectivity index (χ1n) is 8.25. The quantitative estimate of drug-likeness (QED) is 0.738. The molecule has 9 heteroatoms. The number of aromatic nitrogens is 2. The Labute approximate surface area is 152 Å². The van der Waals surface area contributed by atoms with Gasteiger partial charge in [-0.15, -0.1) is 0 Å².